The number of fused-ring (bicyclic) bond motifs is 1. The maximum Gasteiger partial charge on any atom is 0.305 e. The van der Waals surface area contributed by atoms with Crippen molar-refractivity contribution in [2.75, 3.05) is 5.32 Å². The van der Waals surface area contributed by atoms with Crippen LogP contribution in [-0.4, -0.2) is 22.1 Å². The van der Waals surface area contributed by atoms with Gasteiger partial charge in [0, 0.05) is 11.4 Å². The molecule has 1 atom stereocenters. The molecule has 1 aromatic heterocycles. The Balaban J connectivity index is 2.38. The fourth-order valence-corrected chi connectivity index (χ4v) is 2.17. The first-order chi connectivity index (χ1) is 10.0. The molecule has 21 heavy (non-hydrogen) atoms. The number of carbonyl (C=O) groups is 1. The molecule has 0 saturated heterocycles. The third-order valence-corrected chi connectivity index (χ3v) is 3.37. The molecule has 2 N–H and O–H groups in total. The maximum absolute atomic E-state index is 10.9. The quantitative estimate of drug-likeness (QED) is 0.880. The summed E-state index contributed by atoms with van der Waals surface area (Å²) in [6.07, 6.45) is 0.00800. The third-order valence-electron chi connectivity index (χ3n) is 3.37. The van der Waals surface area contributed by atoms with Crippen molar-refractivity contribution >= 4 is 22.7 Å². The lowest BCUT2D eigenvalue weighted by Crippen LogP contribution is -2.29. The summed E-state index contributed by atoms with van der Waals surface area (Å²) in [7, 11) is 0. The number of nitriles is 1. The molecule has 2 rings (SSSR count). The van der Waals surface area contributed by atoms with Crippen LogP contribution >= 0.6 is 0 Å². The molecule has 0 aliphatic carbocycles. The molecule has 5 heteroatoms. The normalized spacial score (nSPS) is 12.1. The molecule has 0 spiro atoms. The number of rotatable bonds is 5. The van der Waals surface area contributed by atoms with Crippen molar-refractivity contribution in [3.8, 4) is 6.07 Å². The van der Waals surface area contributed by atoms with Gasteiger partial charge in [0.2, 0.25) is 0 Å². The van der Waals surface area contributed by atoms with Gasteiger partial charge >= 0.3 is 5.97 Å². The maximum atomic E-state index is 10.9. The summed E-state index contributed by atoms with van der Waals surface area (Å²) in [4.78, 5) is 15.4. The van der Waals surface area contributed by atoms with E-state index in [2.05, 4.69) is 16.4 Å². The molecule has 1 heterocycles. The van der Waals surface area contributed by atoms with Gasteiger partial charge in [0.15, 0.2) is 0 Å². The number of carboxylic acids is 1. The fraction of sp³-hybridized carbons (Fsp3) is 0.312. The minimum Gasteiger partial charge on any atom is -0.481 e. The number of carboxylic acid groups (broad SMARTS) is 1. The van der Waals surface area contributed by atoms with Gasteiger partial charge in [0.05, 0.1) is 23.6 Å². The summed E-state index contributed by atoms with van der Waals surface area (Å²) in [5.74, 6) is -0.187. The topological polar surface area (TPSA) is 86.0 Å². The standard InChI is InChI=1S/C16H17N3O2/c1-10(2)14(8-16(20)21)19-15-7-11(9-17)12-5-3-4-6-13(12)18-15/h3-7,10,14H,8H2,1-2H3,(H,18,19)(H,20,21). The fourth-order valence-electron chi connectivity index (χ4n) is 2.17. The van der Waals surface area contributed by atoms with Crippen molar-refractivity contribution in [2.24, 2.45) is 5.92 Å². The van der Waals surface area contributed by atoms with Gasteiger partial charge in [0.1, 0.15) is 5.82 Å². The molecule has 0 bridgehead atoms. The average Bonchev–Trinajstić information content (AvgIpc) is 2.45. The molecule has 1 aromatic carbocycles. The van der Waals surface area contributed by atoms with Crippen LogP contribution in [0, 0.1) is 17.2 Å². The largest absolute Gasteiger partial charge is 0.481 e. The van der Waals surface area contributed by atoms with Crippen LogP contribution in [0.3, 0.4) is 0 Å². The minimum atomic E-state index is -0.859. The molecular formula is C16H17N3O2. The lowest BCUT2D eigenvalue weighted by atomic mass is 10.0. The van der Waals surface area contributed by atoms with E-state index in [-0.39, 0.29) is 18.4 Å². The van der Waals surface area contributed by atoms with Crippen molar-refractivity contribution in [1.29, 1.82) is 5.26 Å². The van der Waals surface area contributed by atoms with Gasteiger partial charge in [0.25, 0.3) is 0 Å². The first-order valence-corrected chi connectivity index (χ1v) is 6.79. The molecule has 0 aliphatic rings. The van der Waals surface area contributed by atoms with E-state index in [1.807, 2.05) is 38.1 Å². The van der Waals surface area contributed by atoms with Gasteiger partial charge in [-0.2, -0.15) is 5.26 Å². The van der Waals surface area contributed by atoms with Gasteiger partial charge in [-0.3, -0.25) is 4.79 Å². The van der Waals surface area contributed by atoms with Gasteiger partial charge in [-0.25, -0.2) is 4.98 Å². The molecule has 5 nitrogen and oxygen atoms in total. The van der Waals surface area contributed by atoms with Crippen molar-refractivity contribution in [3.63, 3.8) is 0 Å². The highest BCUT2D eigenvalue weighted by Gasteiger charge is 2.18. The molecule has 0 aliphatic heterocycles. The van der Waals surface area contributed by atoms with E-state index in [1.54, 1.807) is 6.07 Å². The highest BCUT2D eigenvalue weighted by molar-refractivity contribution is 5.86. The highest BCUT2D eigenvalue weighted by atomic mass is 16.4. The van der Waals surface area contributed by atoms with Crippen LogP contribution < -0.4 is 5.32 Å². The van der Waals surface area contributed by atoms with Crippen molar-refractivity contribution in [3.05, 3.63) is 35.9 Å². The summed E-state index contributed by atoms with van der Waals surface area (Å²) in [6.45, 7) is 3.90. The lowest BCUT2D eigenvalue weighted by molar-refractivity contribution is -0.137. The van der Waals surface area contributed by atoms with E-state index in [0.29, 0.717) is 11.4 Å². The van der Waals surface area contributed by atoms with Crippen LogP contribution in [0.15, 0.2) is 30.3 Å². The number of pyridine rings is 1. The van der Waals surface area contributed by atoms with Crippen molar-refractivity contribution in [2.45, 2.75) is 26.3 Å². The summed E-state index contributed by atoms with van der Waals surface area (Å²) < 4.78 is 0. The second-order valence-corrected chi connectivity index (χ2v) is 5.28. The Morgan fingerprint density at radius 2 is 2.14 bits per heavy atom. The zero-order chi connectivity index (χ0) is 15.4. The van der Waals surface area contributed by atoms with E-state index in [1.165, 1.54) is 0 Å². The number of nitrogens with one attached hydrogen (secondary N) is 1. The Hall–Kier alpha value is -2.61. The van der Waals surface area contributed by atoms with Gasteiger partial charge in [-0.15, -0.1) is 0 Å². The number of anilines is 1. The number of aromatic nitrogens is 1. The van der Waals surface area contributed by atoms with E-state index in [4.69, 9.17) is 5.11 Å². The first kappa shape index (κ1) is 14.8. The van der Waals surface area contributed by atoms with Crippen LogP contribution in [0.1, 0.15) is 25.8 Å². The number of hydrogen-bond acceptors (Lipinski definition) is 4. The van der Waals surface area contributed by atoms with E-state index in [9.17, 15) is 10.1 Å². The summed E-state index contributed by atoms with van der Waals surface area (Å²) >= 11 is 0. The number of para-hydroxylation sites is 1. The van der Waals surface area contributed by atoms with Crippen LogP contribution in [0.5, 0.6) is 0 Å². The number of hydrogen-bond donors (Lipinski definition) is 2. The molecule has 0 amide bonds. The predicted octanol–water partition coefficient (Wildman–Crippen LogP) is 3.02. The Labute approximate surface area is 123 Å². The number of benzene rings is 1. The van der Waals surface area contributed by atoms with Crippen LogP contribution in [-0.2, 0) is 4.79 Å². The van der Waals surface area contributed by atoms with Gasteiger partial charge in [-0.05, 0) is 18.1 Å². The van der Waals surface area contributed by atoms with Gasteiger partial charge < -0.3 is 10.4 Å². The van der Waals surface area contributed by atoms with Crippen molar-refractivity contribution in [1.82, 2.24) is 4.98 Å². The Morgan fingerprint density at radius 3 is 2.76 bits per heavy atom. The molecular weight excluding hydrogens is 266 g/mol. The lowest BCUT2D eigenvalue weighted by Gasteiger charge is -2.21. The first-order valence-electron chi connectivity index (χ1n) is 6.79. The average molecular weight is 283 g/mol. The molecule has 0 saturated carbocycles. The molecule has 0 fully saturated rings. The zero-order valence-corrected chi connectivity index (χ0v) is 12.0. The summed E-state index contributed by atoms with van der Waals surface area (Å²) in [5, 5.41) is 22.1. The van der Waals surface area contributed by atoms with Crippen molar-refractivity contribution < 1.29 is 9.90 Å². The molecule has 108 valence electrons. The molecule has 1 unspecified atom stereocenters. The number of nitrogens with zero attached hydrogens (tertiary/aromatic N) is 2. The Kier molecular flexibility index (Phi) is 4.39. The number of aliphatic carboxylic acids is 1. The van der Waals surface area contributed by atoms with E-state index < -0.39 is 5.97 Å². The Bertz CT molecular complexity index is 704. The molecule has 0 radical (unpaired) electrons. The Morgan fingerprint density at radius 1 is 1.43 bits per heavy atom. The second-order valence-electron chi connectivity index (χ2n) is 5.28. The smallest absolute Gasteiger partial charge is 0.305 e. The van der Waals surface area contributed by atoms with Gasteiger partial charge in [-0.1, -0.05) is 32.0 Å². The SMILES string of the molecule is CC(C)C(CC(=O)O)Nc1cc(C#N)c2ccccc2n1. The molecule has 2 aromatic rings. The second kappa shape index (κ2) is 6.23. The predicted molar refractivity (Wildman–Crippen MR) is 81.0 cm³/mol. The van der Waals surface area contributed by atoms with E-state index in [0.717, 1.165) is 10.9 Å². The minimum absolute atomic E-state index is 0.00800. The van der Waals surface area contributed by atoms with Crippen LogP contribution in [0.25, 0.3) is 10.9 Å². The van der Waals surface area contributed by atoms with E-state index >= 15 is 0 Å². The van der Waals surface area contributed by atoms with Crippen LogP contribution in [0.4, 0.5) is 5.82 Å². The summed E-state index contributed by atoms with van der Waals surface area (Å²) in [5.41, 5.74) is 1.25. The monoisotopic (exact) mass is 283 g/mol. The summed E-state index contributed by atoms with van der Waals surface area (Å²) in [6, 6.07) is 11.0. The zero-order valence-electron chi connectivity index (χ0n) is 12.0. The highest BCUT2D eigenvalue weighted by Crippen LogP contribution is 2.22. The van der Waals surface area contributed by atoms with Crippen LogP contribution in [0.2, 0.25) is 0 Å². The third kappa shape index (κ3) is 3.48.